The maximum absolute atomic E-state index is 6.60. The van der Waals surface area contributed by atoms with E-state index in [2.05, 4.69) is 30.0 Å². The largest absolute Gasteiger partial charge is 0.355 e. The summed E-state index contributed by atoms with van der Waals surface area (Å²) in [5.41, 5.74) is 10.0. The van der Waals surface area contributed by atoms with Crippen LogP contribution in [0.1, 0.15) is 0 Å². The Morgan fingerprint density at radius 1 is 0.941 bits per heavy atom. The zero-order valence-corrected chi connectivity index (χ0v) is 19.1. The number of fused-ring (bicyclic) bond motifs is 3. The van der Waals surface area contributed by atoms with Gasteiger partial charge in [-0.05, 0) is 36.4 Å². The van der Waals surface area contributed by atoms with Crippen molar-refractivity contribution in [2.45, 2.75) is 0 Å². The second-order valence-electron chi connectivity index (χ2n) is 8.64. The molecular weight excluding hydrogens is 448 g/mol. The molecule has 7 rings (SSSR count). The Bertz CT molecular complexity index is 1420. The summed E-state index contributed by atoms with van der Waals surface area (Å²) >= 11 is 6.60. The molecule has 0 amide bonds. The predicted octanol–water partition coefficient (Wildman–Crippen LogP) is 3.94. The first-order valence-corrected chi connectivity index (χ1v) is 11.7. The number of rotatable bonds is 3. The Morgan fingerprint density at radius 3 is 2.35 bits per heavy atom. The van der Waals surface area contributed by atoms with Crippen LogP contribution in [0.4, 0.5) is 5.82 Å². The SMILES string of the molecule is NCC1C2CN(c3cnc4c(-c5ccc6nccnc6c5Cl)[nH]nc4n3)CC12.c1ccccc1. The summed E-state index contributed by atoms with van der Waals surface area (Å²) in [7, 11) is 0. The average molecular weight is 471 g/mol. The van der Waals surface area contributed by atoms with Gasteiger partial charge < -0.3 is 10.6 Å². The van der Waals surface area contributed by atoms with E-state index in [1.54, 1.807) is 12.4 Å². The standard InChI is InChI=1S/C19H17ClN8.C6H6/c20-15-9(1-2-13-17(15)23-4-3-22-13)16-18-19(27-26-16)25-14(6-24-18)28-7-11-10(5-21)12(11)8-28;1-2-4-6-5-3-1/h1-4,6,10-12H,5,7-8,21H2,(H,25,26,27);1-6H. The first-order chi connectivity index (χ1) is 16.7. The fourth-order valence-corrected chi connectivity index (χ4v) is 5.20. The van der Waals surface area contributed by atoms with Crippen molar-refractivity contribution in [1.82, 2.24) is 30.1 Å². The van der Waals surface area contributed by atoms with Gasteiger partial charge in [0.1, 0.15) is 16.9 Å². The van der Waals surface area contributed by atoms with Crippen LogP contribution in [0.15, 0.2) is 67.1 Å². The Hall–Kier alpha value is -3.62. The van der Waals surface area contributed by atoms with E-state index in [1.165, 1.54) is 0 Å². The van der Waals surface area contributed by atoms with Crippen LogP contribution >= 0.6 is 11.6 Å². The molecule has 0 radical (unpaired) electrons. The lowest BCUT2D eigenvalue weighted by molar-refractivity contribution is 0.644. The van der Waals surface area contributed by atoms with Crippen LogP contribution in [0.5, 0.6) is 0 Å². The number of nitrogens with two attached hydrogens (primary N) is 1. The molecule has 1 aliphatic carbocycles. The third-order valence-corrected chi connectivity index (χ3v) is 7.12. The molecule has 1 saturated heterocycles. The summed E-state index contributed by atoms with van der Waals surface area (Å²) in [6, 6.07) is 15.8. The van der Waals surface area contributed by atoms with Crippen LogP contribution in [-0.2, 0) is 0 Å². The fourth-order valence-electron chi connectivity index (χ4n) is 4.89. The van der Waals surface area contributed by atoms with Gasteiger partial charge in [0.05, 0.1) is 22.4 Å². The number of hydrogen-bond donors (Lipinski definition) is 2. The Kier molecular flexibility index (Phi) is 5.31. The number of anilines is 1. The number of benzene rings is 2. The lowest BCUT2D eigenvalue weighted by Crippen LogP contribution is -2.26. The molecule has 9 heteroatoms. The summed E-state index contributed by atoms with van der Waals surface area (Å²) in [6.45, 7) is 2.78. The molecule has 5 aromatic rings. The zero-order valence-electron chi connectivity index (χ0n) is 18.3. The normalized spacial score (nSPS) is 20.8. The van der Waals surface area contributed by atoms with Crippen LogP contribution in [-0.4, -0.2) is 49.8 Å². The first kappa shape index (κ1) is 20.9. The smallest absolute Gasteiger partial charge is 0.202 e. The van der Waals surface area contributed by atoms with E-state index in [1.807, 2.05) is 54.7 Å². The quantitative estimate of drug-likeness (QED) is 0.411. The number of H-pyrrole nitrogens is 1. The van der Waals surface area contributed by atoms with Gasteiger partial charge in [0.25, 0.3) is 0 Å². The van der Waals surface area contributed by atoms with Crippen LogP contribution in [0.2, 0.25) is 5.02 Å². The van der Waals surface area contributed by atoms with Crippen LogP contribution < -0.4 is 10.6 Å². The number of piperidine rings is 1. The van der Waals surface area contributed by atoms with Crippen molar-refractivity contribution in [3.05, 3.63) is 72.1 Å². The van der Waals surface area contributed by atoms with E-state index < -0.39 is 0 Å². The van der Waals surface area contributed by atoms with E-state index >= 15 is 0 Å². The molecule has 170 valence electrons. The molecule has 2 aromatic carbocycles. The van der Waals surface area contributed by atoms with Crippen LogP contribution in [0.25, 0.3) is 33.5 Å². The number of halogens is 1. The summed E-state index contributed by atoms with van der Waals surface area (Å²) in [5, 5.41) is 7.94. The molecule has 2 unspecified atom stereocenters. The molecule has 0 bridgehead atoms. The van der Waals surface area contributed by atoms with Gasteiger partial charge in [0.15, 0.2) is 0 Å². The summed E-state index contributed by atoms with van der Waals surface area (Å²) in [6.07, 6.45) is 5.10. The molecule has 0 spiro atoms. The Morgan fingerprint density at radius 2 is 1.65 bits per heavy atom. The topological polar surface area (TPSA) is 110 Å². The van der Waals surface area contributed by atoms with Crippen molar-refractivity contribution in [1.29, 1.82) is 0 Å². The number of aromatic nitrogens is 6. The van der Waals surface area contributed by atoms with E-state index in [0.29, 0.717) is 39.5 Å². The minimum absolute atomic E-state index is 0.523. The van der Waals surface area contributed by atoms with Crippen LogP contribution in [0, 0.1) is 17.8 Å². The van der Waals surface area contributed by atoms with Crippen LogP contribution in [0.3, 0.4) is 0 Å². The second kappa shape index (κ2) is 8.62. The van der Waals surface area contributed by atoms with Gasteiger partial charge in [-0.15, -0.1) is 0 Å². The van der Waals surface area contributed by atoms with E-state index in [-0.39, 0.29) is 0 Å². The van der Waals surface area contributed by atoms with Crippen molar-refractivity contribution in [2.75, 3.05) is 24.5 Å². The van der Waals surface area contributed by atoms with E-state index in [4.69, 9.17) is 22.3 Å². The van der Waals surface area contributed by atoms with Gasteiger partial charge >= 0.3 is 0 Å². The molecule has 3 N–H and O–H groups in total. The van der Waals surface area contributed by atoms with Gasteiger partial charge in [-0.1, -0.05) is 48.0 Å². The first-order valence-electron chi connectivity index (χ1n) is 11.3. The van der Waals surface area contributed by atoms with Gasteiger partial charge in [-0.3, -0.25) is 15.1 Å². The molecular formula is C25H23ClN8. The molecule has 34 heavy (non-hydrogen) atoms. The zero-order chi connectivity index (χ0) is 23.1. The van der Waals surface area contributed by atoms with Gasteiger partial charge in [0, 0.05) is 31.0 Å². The lowest BCUT2D eigenvalue weighted by atomic mass is 10.1. The summed E-state index contributed by atoms with van der Waals surface area (Å²) in [5.74, 6) is 2.96. The molecule has 1 aliphatic heterocycles. The Balaban J connectivity index is 0.000000318. The van der Waals surface area contributed by atoms with Gasteiger partial charge in [0.2, 0.25) is 5.65 Å². The molecule has 8 nitrogen and oxygen atoms in total. The highest BCUT2D eigenvalue weighted by Gasteiger charge is 2.54. The maximum atomic E-state index is 6.60. The highest BCUT2D eigenvalue weighted by molar-refractivity contribution is 6.37. The number of nitrogens with one attached hydrogen (secondary N) is 1. The van der Waals surface area contributed by atoms with Crippen molar-refractivity contribution in [2.24, 2.45) is 23.5 Å². The highest BCUT2D eigenvalue weighted by atomic mass is 35.5. The molecule has 2 aliphatic rings. The number of nitrogens with zero attached hydrogens (tertiary/aromatic N) is 6. The third-order valence-electron chi connectivity index (χ3n) is 6.73. The number of hydrogen-bond acceptors (Lipinski definition) is 7. The van der Waals surface area contributed by atoms with Crippen molar-refractivity contribution < 1.29 is 0 Å². The van der Waals surface area contributed by atoms with Crippen molar-refractivity contribution in [3.63, 3.8) is 0 Å². The molecule has 4 heterocycles. The monoisotopic (exact) mass is 470 g/mol. The van der Waals surface area contributed by atoms with Crippen molar-refractivity contribution >= 4 is 39.6 Å². The average Bonchev–Trinajstić information content (AvgIpc) is 3.20. The fraction of sp³-hybridized carbons (Fsp3) is 0.240. The second-order valence-corrected chi connectivity index (χ2v) is 9.02. The molecule has 2 atom stereocenters. The minimum atomic E-state index is 0.523. The molecule has 1 saturated carbocycles. The summed E-state index contributed by atoms with van der Waals surface area (Å²) in [4.78, 5) is 20.3. The third kappa shape index (κ3) is 3.65. The molecule has 3 aromatic heterocycles. The van der Waals surface area contributed by atoms with E-state index in [0.717, 1.165) is 42.2 Å². The number of aromatic amines is 1. The maximum Gasteiger partial charge on any atom is 0.202 e. The predicted molar refractivity (Wildman–Crippen MR) is 133 cm³/mol. The summed E-state index contributed by atoms with van der Waals surface area (Å²) < 4.78 is 0. The van der Waals surface area contributed by atoms with Gasteiger partial charge in [-0.2, -0.15) is 5.10 Å². The van der Waals surface area contributed by atoms with Gasteiger partial charge in [-0.25, -0.2) is 9.97 Å². The van der Waals surface area contributed by atoms with Crippen molar-refractivity contribution in [3.8, 4) is 11.3 Å². The lowest BCUT2D eigenvalue weighted by Gasteiger charge is -2.19. The minimum Gasteiger partial charge on any atom is -0.355 e. The molecule has 2 fully saturated rings. The van der Waals surface area contributed by atoms with E-state index in [9.17, 15) is 0 Å². The Labute approximate surface area is 201 Å². The highest BCUT2D eigenvalue weighted by Crippen LogP contribution is 2.51.